The molecule has 1 amide bonds. The number of aromatic nitrogens is 2. The summed E-state index contributed by atoms with van der Waals surface area (Å²) < 4.78 is 0. The summed E-state index contributed by atoms with van der Waals surface area (Å²) in [6.07, 6.45) is 3.92. The van der Waals surface area contributed by atoms with Gasteiger partial charge in [0.15, 0.2) is 0 Å². The van der Waals surface area contributed by atoms with E-state index in [0.717, 1.165) is 24.3 Å². The Hall–Kier alpha value is -3.41. The molecule has 3 aromatic rings. The summed E-state index contributed by atoms with van der Waals surface area (Å²) in [6.45, 7) is 4.75. The van der Waals surface area contributed by atoms with E-state index in [0.29, 0.717) is 18.1 Å². The van der Waals surface area contributed by atoms with Gasteiger partial charge < -0.3 is 15.5 Å². The summed E-state index contributed by atoms with van der Waals surface area (Å²) in [5, 5.41) is 6.15. The third-order valence-electron chi connectivity index (χ3n) is 5.08. The second-order valence-electron chi connectivity index (χ2n) is 7.32. The molecule has 0 atom stereocenters. The van der Waals surface area contributed by atoms with Gasteiger partial charge >= 0.3 is 0 Å². The molecule has 1 fully saturated rings. The van der Waals surface area contributed by atoms with Gasteiger partial charge in [-0.2, -0.15) is 0 Å². The van der Waals surface area contributed by atoms with Gasteiger partial charge in [0.25, 0.3) is 5.91 Å². The van der Waals surface area contributed by atoms with Crippen LogP contribution in [0.5, 0.6) is 0 Å². The Morgan fingerprint density at radius 2 is 1.72 bits per heavy atom. The van der Waals surface area contributed by atoms with E-state index in [2.05, 4.69) is 37.6 Å². The van der Waals surface area contributed by atoms with Crippen LogP contribution in [0.3, 0.4) is 0 Å². The Kier molecular flexibility index (Phi) is 5.70. The molecule has 0 spiro atoms. The molecule has 2 N–H and O–H groups in total. The first-order valence-corrected chi connectivity index (χ1v) is 9.95. The highest BCUT2D eigenvalue weighted by atomic mass is 16.1. The van der Waals surface area contributed by atoms with E-state index in [9.17, 15) is 4.79 Å². The average Bonchev–Trinajstić information content (AvgIpc) is 3.29. The van der Waals surface area contributed by atoms with Crippen molar-refractivity contribution in [2.45, 2.75) is 26.3 Å². The number of carbonyl (C=O) groups excluding carboxylic acids is 1. The molecule has 0 radical (unpaired) electrons. The predicted molar refractivity (Wildman–Crippen MR) is 116 cm³/mol. The number of nitrogens with zero attached hydrogens (tertiary/aromatic N) is 3. The van der Waals surface area contributed by atoms with Crippen molar-refractivity contribution in [1.29, 1.82) is 0 Å². The number of rotatable bonds is 6. The molecule has 1 aliphatic rings. The third-order valence-corrected chi connectivity index (χ3v) is 5.08. The minimum Gasteiger partial charge on any atom is -0.372 e. The van der Waals surface area contributed by atoms with Crippen LogP contribution in [0.2, 0.25) is 0 Å². The lowest BCUT2D eigenvalue weighted by atomic mass is 10.1. The van der Waals surface area contributed by atoms with E-state index in [-0.39, 0.29) is 5.91 Å². The summed E-state index contributed by atoms with van der Waals surface area (Å²) in [4.78, 5) is 23.2. The van der Waals surface area contributed by atoms with E-state index in [4.69, 9.17) is 0 Å². The first-order valence-electron chi connectivity index (χ1n) is 9.95. The van der Waals surface area contributed by atoms with E-state index in [1.54, 1.807) is 6.07 Å². The maximum absolute atomic E-state index is 12.4. The molecule has 6 heteroatoms. The zero-order valence-corrected chi connectivity index (χ0v) is 16.6. The molecule has 1 aliphatic heterocycles. The smallest absolute Gasteiger partial charge is 0.270 e. The molecule has 1 saturated heterocycles. The molecule has 0 bridgehead atoms. The van der Waals surface area contributed by atoms with Crippen molar-refractivity contribution in [3.63, 3.8) is 0 Å². The van der Waals surface area contributed by atoms with Crippen LogP contribution in [-0.4, -0.2) is 29.0 Å². The van der Waals surface area contributed by atoms with Gasteiger partial charge in [0.05, 0.1) is 0 Å². The van der Waals surface area contributed by atoms with E-state index in [1.165, 1.54) is 30.4 Å². The minimum atomic E-state index is -0.222. The summed E-state index contributed by atoms with van der Waals surface area (Å²) in [6, 6.07) is 18.0. The van der Waals surface area contributed by atoms with Crippen LogP contribution in [0.1, 0.15) is 34.5 Å². The van der Waals surface area contributed by atoms with Gasteiger partial charge in [-0.3, -0.25) is 4.79 Å². The topological polar surface area (TPSA) is 70.2 Å². The van der Waals surface area contributed by atoms with E-state index >= 15 is 0 Å². The van der Waals surface area contributed by atoms with Crippen molar-refractivity contribution in [2.75, 3.05) is 23.3 Å². The number of carbonyl (C=O) groups is 1. The highest BCUT2D eigenvalue weighted by Crippen LogP contribution is 2.23. The summed E-state index contributed by atoms with van der Waals surface area (Å²) in [5.41, 5.74) is 4.75. The van der Waals surface area contributed by atoms with Gasteiger partial charge in [-0.25, -0.2) is 9.97 Å². The van der Waals surface area contributed by atoms with Crippen LogP contribution in [0.4, 0.5) is 17.2 Å². The fourth-order valence-corrected chi connectivity index (χ4v) is 3.41. The predicted octanol–water partition coefficient (Wildman–Crippen LogP) is 4.06. The first-order chi connectivity index (χ1) is 14.2. The number of nitrogens with one attached hydrogen (secondary N) is 2. The van der Waals surface area contributed by atoms with Gasteiger partial charge in [0, 0.05) is 37.1 Å². The maximum atomic E-state index is 12.4. The fraction of sp³-hybridized carbons (Fsp3) is 0.261. The molecule has 1 aromatic heterocycles. The summed E-state index contributed by atoms with van der Waals surface area (Å²) in [7, 11) is 0. The normalized spacial score (nSPS) is 13.3. The number of anilines is 3. The Bertz CT molecular complexity index is 963. The second-order valence-corrected chi connectivity index (χ2v) is 7.32. The largest absolute Gasteiger partial charge is 0.372 e. The van der Waals surface area contributed by atoms with Gasteiger partial charge in [0.2, 0.25) is 0 Å². The number of hydrogen-bond donors (Lipinski definition) is 2. The zero-order valence-electron chi connectivity index (χ0n) is 16.6. The molecule has 2 heterocycles. The van der Waals surface area contributed by atoms with Crippen LogP contribution in [0.25, 0.3) is 0 Å². The molecule has 0 unspecified atom stereocenters. The van der Waals surface area contributed by atoms with E-state index < -0.39 is 0 Å². The number of aryl methyl sites for hydroxylation is 1. The third kappa shape index (κ3) is 4.90. The van der Waals surface area contributed by atoms with Crippen LogP contribution in [0.15, 0.2) is 60.9 Å². The van der Waals surface area contributed by atoms with Crippen LogP contribution >= 0.6 is 0 Å². The number of hydrogen-bond acceptors (Lipinski definition) is 5. The quantitative estimate of drug-likeness (QED) is 0.667. The molecule has 148 valence electrons. The Morgan fingerprint density at radius 1 is 1.00 bits per heavy atom. The first kappa shape index (κ1) is 18.9. The lowest BCUT2D eigenvalue weighted by molar-refractivity contribution is 0.0946. The zero-order chi connectivity index (χ0) is 20.1. The number of amides is 1. The van der Waals surface area contributed by atoms with Gasteiger partial charge in [-0.1, -0.05) is 29.8 Å². The van der Waals surface area contributed by atoms with Gasteiger partial charge in [0.1, 0.15) is 17.8 Å². The minimum absolute atomic E-state index is 0.222. The average molecular weight is 387 g/mol. The van der Waals surface area contributed by atoms with Crippen LogP contribution < -0.4 is 15.5 Å². The molecule has 0 aliphatic carbocycles. The molecular formula is C23H25N5O. The Labute approximate surface area is 171 Å². The highest BCUT2D eigenvalue weighted by Gasteiger charge is 2.12. The van der Waals surface area contributed by atoms with Crippen LogP contribution in [0, 0.1) is 6.92 Å². The maximum Gasteiger partial charge on any atom is 0.270 e. The molecule has 6 nitrogen and oxygen atoms in total. The fourth-order valence-electron chi connectivity index (χ4n) is 3.41. The molecule has 2 aromatic carbocycles. The Balaban J connectivity index is 1.37. The standard InChI is InChI=1S/C23H25N5O/c1-17-4-6-18(7-5-17)15-24-23(29)21-14-22(26-16-25-21)27-19-8-10-20(11-9-19)28-12-2-3-13-28/h4-11,14,16H,2-3,12-13,15H2,1H3,(H,24,29)(H,25,26,27). The monoisotopic (exact) mass is 387 g/mol. The molecular weight excluding hydrogens is 362 g/mol. The second kappa shape index (κ2) is 8.73. The molecule has 4 rings (SSSR count). The lowest BCUT2D eigenvalue weighted by Crippen LogP contribution is -2.24. The van der Waals surface area contributed by atoms with Crippen molar-refractivity contribution in [3.8, 4) is 0 Å². The van der Waals surface area contributed by atoms with Crippen molar-refractivity contribution < 1.29 is 4.79 Å². The lowest BCUT2D eigenvalue weighted by Gasteiger charge is -2.17. The van der Waals surface area contributed by atoms with E-state index in [1.807, 2.05) is 43.3 Å². The SMILES string of the molecule is Cc1ccc(CNC(=O)c2cc(Nc3ccc(N4CCCC4)cc3)ncn2)cc1. The van der Waals surface area contributed by atoms with Gasteiger partial charge in [-0.15, -0.1) is 0 Å². The van der Waals surface area contributed by atoms with Crippen molar-refractivity contribution in [2.24, 2.45) is 0 Å². The van der Waals surface area contributed by atoms with Crippen LogP contribution in [-0.2, 0) is 6.54 Å². The highest BCUT2D eigenvalue weighted by molar-refractivity contribution is 5.92. The van der Waals surface area contributed by atoms with Crippen molar-refractivity contribution in [3.05, 3.63) is 77.7 Å². The number of benzene rings is 2. The van der Waals surface area contributed by atoms with Crippen molar-refractivity contribution >= 4 is 23.1 Å². The molecule has 29 heavy (non-hydrogen) atoms. The summed E-state index contributed by atoms with van der Waals surface area (Å²) in [5.74, 6) is 0.370. The Morgan fingerprint density at radius 3 is 2.45 bits per heavy atom. The van der Waals surface area contributed by atoms with Crippen molar-refractivity contribution in [1.82, 2.24) is 15.3 Å². The van der Waals surface area contributed by atoms with Gasteiger partial charge in [-0.05, 0) is 49.6 Å². The molecule has 0 saturated carbocycles. The summed E-state index contributed by atoms with van der Waals surface area (Å²) >= 11 is 0.